The number of aromatic nitrogens is 2. The largest absolute Gasteiger partial charge is 0.481 e. The number of aliphatic carboxylic acids is 2. The summed E-state index contributed by atoms with van der Waals surface area (Å²) in [6.07, 6.45) is 4.70. The molecule has 0 aliphatic carbocycles. The topological polar surface area (TPSA) is 217 Å². The quantitative estimate of drug-likeness (QED) is 0.144. The third-order valence-corrected chi connectivity index (χ3v) is 6.01. The maximum Gasteiger partial charge on any atom is 0.326 e. The van der Waals surface area contributed by atoms with Crippen molar-refractivity contribution >= 4 is 41.4 Å². The van der Waals surface area contributed by atoms with Crippen molar-refractivity contribution in [2.45, 2.75) is 63.7 Å². The first kappa shape index (κ1) is 29.9. The van der Waals surface area contributed by atoms with E-state index in [-0.39, 0.29) is 18.8 Å². The summed E-state index contributed by atoms with van der Waals surface area (Å²) in [5.41, 5.74) is 6.44. The summed E-state index contributed by atoms with van der Waals surface area (Å²) in [4.78, 5) is 67.7. The van der Waals surface area contributed by atoms with Gasteiger partial charge in [-0.15, -0.1) is 0 Å². The van der Waals surface area contributed by atoms with Crippen molar-refractivity contribution in [2.75, 3.05) is 12.0 Å². The Balaban J connectivity index is 2.95. The fourth-order valence-corrected chi connectivity index (χ4v) is 3.57. The first-order valence-electron chi connectivity index (χ1n) is 11.1. The molecule has 0 saturated heterocycles. The fourth-order valence-electron chi connectivity index (χ4n) is 3.10. The van der Waals surface area contributed by atoms with Crippen LogP contribution in [0.3, 0.4) is 0 Å². The number of rotatable bonds is 16. The van der Waals surface area contributed by atoms with Crippen molar-refractivity contribution in [1.29, 1.82) is 0 Å². The molecule has 5 atom stereocenters. The van der Waals surface area contributed by atoms with Gasteiger partial charge < -0.3 is 36.9 Å². The highest BCUT2D eigenvalue weighted by Crippen LogP contribution is 2.10. The number of imidazole rings is 1. The van der Waals surface area contributed by atoms with Crippen LogP contribution in [0, 0.1) is 5.92 Å². The molecule has 35 heavy (non-hydrogen) atoms. The second kappa shape index (κ2) is 15.0. The lowest BCUT2D eigenvalue weighted by Crippen LogP contribution is -2.58. The smallest absolute Gasteiger partial charge is 0.326 e. The van der Waals surface area contributed by atoms with Crippen LogP contribution in [0.4, 0.5) is 0 Å². The highest BCUT2D eigenvalue weighted by molar-refractivity contribution is 7.98. The van der Waals surface area contributed by atoms with Crippen LogP contribution in [0.15, 0.2) is 12.5 Å². The molecule has 1 aromatic rings. The van der Waals surface area contributed by atoms with Crippen molar-refractivity contribution in [3.05, 3.63) is 18.2 Å². The third kappa shape index (κ3) is 10.3. The van der Waals surface area contributed by atoms with Crippen LogP contribution in [0.25, 0.3) is 0 Å². The van der Waals surface area contributed by atoms with Crippen molar-refractivity contribution in [2.24, 2.45) is 11.7 Å². The molecule has 0 aliphatic heterocycles. The molecule has 0 aromatic carbocycles. The standard InChI is InChI=1S/C21H34N6O7S/c1-4-11(2)17(21(33)34)27-19(31)14(5-6-35-3)25-20(32)15(8-16(28)29)26-18(30)13(22)7-12-9-23-10-24-12/h9-11,13-15,17H,4-8,22H2,1-3H3,(H,23,24)(H,25,32)(H,26,30)(H,27,31)(H,28,29)(H,33,34). The molecular formula is C21H34N6O7S. The van der Waals surface area contributed by atoms with Gasteiger partial charge in [-0.1, -0.05) is 20.3 Å². The Morgan fingerprint density at radius 2 is 1.71 bits per heavy atom. The molecule has 5 unspecified atom stereocenters. The van der Waals surface area contributed by atoms with E-state index in [1.807, 2.05) is 0 Å². The molecule has 1 rings (SSSR count). The maximum atomic E-state index is 12.9. The van der Waals surface area contributed by atoms with Crippen LogP contribution >= 0.6 is 11.8 Å². The first-order valence-corrected chi connectivity index (χ1v) is 12.5. The number of amides is 3. The molecule has 0 aliphatic rings. The van der Waals surface area contributed by atoms with Gasteiger partial charge in [0, 0.05) is 18.3 Å². The molecule has 0 spiro atoms. The Hall–Kier alpha value is -3.13. The molecule has 8 N–H and O–H groups in total. The number of nitrogens with two attached hydrogens (primary N) is 1. The summed E-state index contributed by atoms with van der Waals surface area (Å²) < 4.78 is 0. The van der Waals surface area contributed by atoms with Gasteiger partial charge in [0.25, 0.3) is 0 Å². The van der Waals surface area contributed by atoms with E-state index >= 15 is 0 Å². The average Bonchev–Trinajstić information content (AvgIpc) is 3.31. The number of aromatic amines is 1. The zero-order valence-electron chi connectivity index (χ0n) is 19.9. The van der Waals surface area contributed by atoms with E-state index in [2.05, 4.69) is 25.9 Å². The van der Waals surface area contributed by atoms with Crippen LogP contribution in [-0.2, 0) is 30.4 Å². The predicted molar refractivity (Wildman–Crippen MR) is 128 cm³/mol. The van der Waals surface area contributed by atoms with E-state index in [0.717, 1.165) is 0 Å². The SMILES string of the molecule is CCC(C)C(NC(=O)C(CCSC)NC(=O)C(CC(=O)O)NC(=O)C(N)Cc1cnc[nH]1)C(=O)O. The molecule has 1 heterocycles. The first-order chi connectivity index (χ1) is 16.5. The number of hydrogen-bond donors (Lipinski definition) is 7. The number of carboxylic acids is 2. The predicted octanol–water partition coefficient (Wildman–Crippen LogP) is -0.908. The second-order valence-electron chi connectivity index (χ2n) is 8.10. The van der Waals surface area contributed by atoms with Gasteiger partial charge in [-0.05, 0) is 24.3 Å². The third-order valence-electron chi connectivity index (χ3n) is 5.36. The lowest BCUT2D eigenvalue weighted by Gasteiger charge is -2.26. The average molecular weight is 515 g/mol. The molecule has 0 fully saturated rings. The van der Waals surface area contributed by atoms with E-state index in [0.29, 0.717) is 17.9 Å². The zero-order chi connectivity index (χ0) is 26.5. The molecule has 196 valence electrons. The normalized spacial score (nSPS) is 15.2. The molecular weight excluding hydrogens is 480 g/mol. The summed E-state index contributed by atoms with van der Waals surface area (Å²) in [6.45, 7) is 3.47. The van der Waals surface area contributed by atoms with Crippen LogP contribution in [0.1, 0.15) is 38.8 Å². The number of nitrogens with zero attached hydrogens (tertiary/aromatic N) is 1. The summed E-state index contributed by atoms with van der Waals surface area (Å²) >= 11 is 1.41. The lowest BCUT2D eigenvalue weighted by atomic mass is 9.98. The van der Waals surface area contributed by atoms with E-state index < -0.39 is 60.2 Å². The van der Waals surface area contributed by atoms with Crippen molar-refractivity contribution in [3.63, 3.8) is 0 Å². The summed E-state index contributed by atoms with van der Waals surface area (Å²) in [6, 6.07) is -4.87. The van der Waals surface area contributed by atoms with Crippen molar-refractivity contribution < 1.29 is 34.2 Å². The van der Waals surface area contributed by atoms with Gasteiger partial charge in [-0.3, -0.25) is 19.2 Å². The monoisotopic (exact) mass is 514 g/mol. The number of nitrogens with one attached hydrogen (secondary N) is 4. The number of carboxylic acid groups (broad SMARTS) is 2. The minimum Gasteiger partial charge on any atom is -0.481 e. The van der Waals surface area contributed by atoms with E-state index in [4.69, 9.17) is 5.73 Å². The van der Waals surface area contributed by atoms with Crippen LogP contribution in [0.2, 0.25) is 0 Å². The maximum absolute atomic E-state index is 12.9. The van der Waals surface area contributed by atoms with E-state index in [1.165, 1.54) is 24.3 Å². The minimum absolute atomic E-state index is 0.0815. The number of H-pyrrole nitrogens is 1. The molecule has 0 saturated carbocycles. The Morgan fingerprint density at radius 3 is 2.23 bits per heavy atom. The molecule has 0 radical (unpaired) electrons. The van der Waals surface area contributed by atoms with E-state index in [1.54, 1.807) is 20.1 Å². The number of thioether (sulfide) groups is 1. The molecule has 1 aromatic heterocycles. The Bertz CT molecular complexity index is 866. The number of carbonyl (C=O) groups is 5. The van der Waals surface area contributed by atoms with Crippen molar-refractivity contribution in [3.8, 4) is 0 Å². The summed E-state index contributed by atoms with van der Waals surface area (Å²) in [7, 11) is 0. The van der Waals surface area contributed by atoms with Crippen LogP contribution in [-0.4, -0.2) is 86.0 Å². The zero-order valence-corrected chi connectivity index (χ0v) is 20.8. The number of hydrogen-bond acceptors (Lipinski definition) is 8. The van der Waals surface area contributed by atoms with Gasteiger partial charge in [-0.25, -0.2) is 9.78 Å². The lowest BCUT2D eigenvalue weighted by molar-refractivity contribution is -0.144. The minimum atomic E-state index is -1.50. The van der Waals surface area contributed by atoms with Gasteiger partial charge >= 0.3 is 11.9 Å². The van der Waals surface area contributed by atoms with E-state index in [9.17, 15) is 34.2 Å². The highest BCUT2D eigenvalue weighted by Gasteiger charge is 2.32. The van der Waals surface area contributed by atoms with Gasteiger partial charge in [0.15, 0.2) is 0 Å². The highest BCUT2D eigenvalue weighted by atomic mass is 32.2. The van der Waals surface area contributed by atoms with Gasteiger partial charge in [0.05, 0.1) is 18.8 Å². The Kier molecular flexibility index (Phi) is 12.8. The molecule has 3 amide bonds. The van der Waals surface area contributed by atoms with Crippen molar-refractivity contribution in [1.82, 2.24) is 25.9 Å². The Morgan fingerprint density at radius 1 is 1.09 bits per heavy atom. The molecule has 14 heteroatoms. The van der Waals surface area contributed by atoms with Gasteiger partial charge in [0.1, 0.15) is 18.1 Å². The van der Waals surface area contributed by atoms with Gasteiger partial charge in [-0.2, -0.15) is 11.8 Å². The number of carbonyl (C=O) groups excluding carboxylic acids is 3. The fraction of sp³-hybridized carbons (Fsp3) is 0.619. The van der Waals surface area contributed by atoms with Crippen LogP contribution in [0.5, 0.6) is 0 Å². The Labute approximate surface area is 207 Å². The summed E-state index contributed by atoms with van der Waals surface area (Å²) in [5, 5.41) is 25.9. The summed E-state index contributed by atoms with van der Waals surface area (Å²) in [5.74, 6) is -4.81. The second-order valence-corrected chi connectivity index (χ2v) is 9.08. The molecule has 0 bridgehead atoms. The van der Waals surface area contributed by atoms with Gasteiger partial charge in [0.2, 0.25) is 17.7 Å². The molecule has 13 nitrogen and oxygen atoms in total. The van der Waals surface area contributed by atoms with Crippen LogP contribution < -0.4 is 21.7 Å².